The van der Waals surface area contributed by atoms with Crippen LogP contribution in [0.3, 0.4) is 0 Å². The van der Waals surface area contributed by atoms with Gasteiger partial charge in [-0.25, -0.2) is 0 Å². The van der Waals surface area contributed by atoms with Gasteiger partial charge in [0, 0.05) is 24.5 Å². The van der Waals surface area contributed by atoms with E-state index in [9.17, 15) is 0 Å². The first-order chi connectivity index (χ1) is 9.62. The summed E-state index contributed by atoms with van der Waals surface area (Å²) in [5.74, 6) is 0. The lowest BCUT2D eigenvalue weighted by Gasteiger charge is -2.15. The lowest BCUT2D eigenvalue weighted by atomic mass is 10.2. The van der Waals surface area contributed by atoms with Crippen molar-refractivity contribution in [2.45, 2.75) is 46.3 Å². The van der Waals surface area contributed by atoms with Gasteiger partial charge in [0.1, 0.15) is 0 Å². The average Bonchev–Trinajstić information content (AvgIpc) is 3.04. The molecule has 1 atom stereocenters. The minimum atomic E-state index is 0.340. The molecule has 0 amide bonds. The summed E-state index contributed by atoms with van der Waals surface area (Å²) in [5, 5.41) is 7.96. The second-order valence-electron chi connectivity index (χ2n) is 4.95. The van der Waals surface area contributed by atoms with Gasteiger partial charge in [-0.05, 0) is 55.4 Å². The van der Waals surface area contributed by atoms with Crippen LogP contribution in [0.5, 0.6) is 0 Å². The second kappa shape index (κ2) is 6.59. The highest BCUT2D eigenvalue weighted by Crippen LogP contribution is 2.24. The van der Waals surface area contributed by atoms with Crippen molar-refractivity contribution < 1.29 is 0 Å². The number of rotatable bonds is 6. The Balaban J connectivity index is 2.35. The summed E-state index contributed by atoms with van der Waals surface area (Å²) in [7, 11) is 1.99. The molecular formula is C15H23BrN4. The fraction of sp³-hybridized carbons (Fsp3) is 0.533. The Hall–Kier alpha value is -1.07. The number of halogens is 1. The summed E-state index contributed by atoms with van der Waals surface area (Å²) < 4.78 is 5.53. The maximum atomic E-state index is 4.66. The third kappa shape index (κ3) is 2.83. The van der Waals surface area contributed by atoms with Crippen LogP contribution in [0.15, 0.2) is 22.8 Å². The molecule has 20 heavy (non-hydrogen) atoms. The largest absolute Gasteiger partial charge is 0.344 e. The van der Waals surface area contributed by atoms with Crippen LogP contribution in [0.1, 0.15) is 43.9 Å². The summed E-state index contributed by atoms with van der Waals surface area (Å²) in [5.41, 5.74) is 3.67. The van der Waals surface area contributed by atoms with Gasteiger partial charge in [-0.1, -0.05) is 6.92 Å². The molecule has 1 N–H and O–H groups in total. The van der Waals surface area contributed by atoms with E-state index in [0.29, 0.717) is 6.04 Å². The van der Waals surface area contributed by atoms with Gasteiger partial charge in [0.2, 0.25) is 0 Å². The summed E-state index contributed by atoms with van der Waals surface area (Å²) in [4.78, 5) is 0. The molecule has 0 saturated carbocycles. The van der Waals surface area contributed by atoms with Crippen LogP contribution in [-0.4, -0.2) is 21.4 Å². The van der Waals surface area contributed by atoms with E-state index >= 15 is 0 Å². The Kier molecular flexibility index (Phi) is 5.05. The molecule has 2 aromatic heterocycles. The standard InChI is InChI=1S/C15H23BrN4/c1-5-12-15(16)14(20(6-2)18-12)10-19-9-7-8-13(19)11(3)17-4/h7-9,11,17H,5-6,10H2,1-4H3. The molecule has 4 nitrogen and oxygen atoms in total. The average molecular weight is 339 g/mol. The van der Waals surface area contributed by atoms with Crippen molar-refractivity contribution >= 4 is 15.9 Å². The number of nitrogens with zero attached hydrogens (tertiary/aromatic N) is 3. The number of aromatic nitrogens is 3. The van der Waals surface area contributed by atoms with Crippen molar-refractivity contribution in [1.29, 1.82) is 0 Å². The first kappa shape index (κ1) is 15.3. The molecule has 2 rings (SSSR count). The SMILES string of the molecule is CCc1nn(CC)c(Cn2cccc2C(C)NC)c1Br. The summed E-state index contributed by atoms with van der Waals surface area (Å²) in [6.07, 6.45) is 3.08. The van der Waals surface area contributed by atoms with Gasteiger partial charge in [-0.15, -0.1) is 0 Å². The van der Waals surface area contributed by atoms with E-state index in [1.807, 2.05) is 7.05 Å². The van der Waals surface area contributed by atoms with Crippen molar-refractivity contribution in [3.05, 3.63) is 39.9 Å². The van der Waals surface area contributed by atoms with E-state index in [-0.39, 0.29) is 0 Å². The number of nitrogens with one attached hydrogen (secondary N) is 1. The molecule has 0 bridgehead atoms. The van der Waals surface area contributed by atoms with Crippen molar-refractivity contribution in [2.75, 3.05) is 7.05 Å². The molecule has 0 aromatic carbocycles. The smallest absolute Gasteiger partial charge is 0.0767 e. The molecule has 5 heteroatoms. The van der Waals surface area contributed by atoms with Crippen LogP contribution >= 0.6 is 15.9 Å². The Bertz CT molecular complexity index is 570. The van der Waals surface area contributed by atoms with E-state index in [2.05, 4.69) is 74.7 Å². The van der Waals surface area contributed by atoms with Crippen LogP contribution in [0.4, 0.5) is 0 Å². The zero-order chi connectivity index (χ0) is 14.7. The number of aryl methyl sites for hydroxylation is 2. The zero-order valence-corrected chi connectivity index (χ0v) is 14.2. The lowest BCUT2D eigenvalue weighted by Crippen LogP contribution is -2.18. The Labute approximate surface area is 129 Å². The summed E-state index contributed by atoms with van der Waals surface area (Å²) >= 11 is 3.72. The molecule has 0 spiro atoms. The maximum Gasteiger partial charge on any atom is 0.0767 e. The second-order valence-corrected chi connectivity index (χ2v) is 5.74. The monoisotopic (exact) mass is 338 g/mol. The molecule has 0 fully saturated rings. The first-order valence-corrected chi connectivity index (χ1v) is 7.97. The fourth-order valence-corrected chi connectivity index (χ4v) is 3.13. The minimum Gasteiger partial charge on any atom is -0.344 e. The normalized spacial score (nSPS) is 12.8. The van der Waals surface area contributed by atoms with Crippen LogP contribution < -0.4 is 5.32 Å². The highest BCUT2D eigenvalue weighted by Gasteiger charge is 2.16. The molecule has 1 unspecified atom stereocenters. The van der Waals surface area contributed by atoms with Crippen LogP contribution in [-0.2, 0) is 19.5 Å². The van der Waals surface area contributed by atoms with Crippen molar-refractivity contribution in [1.82, 2.24) is 19.7 Å². The van der Waals surface area contributed by atoms with Crippen molar-refractivity contribution in [3.63, 3.8) is 0 Å². The Morgan fingerprint density at radius 3 is 2.75 bits per heavy atom. The van der Waals surface area contributed by atoms with Gasteiger partial charge in [-0.2, -0.15) is 5.10 Å². The van der Waals surface area contributed by atoms with Gasteiger partial charge in [0.15, 0.2) is 0 Å². The first-order valence-electron chi connectivity index (χ1n) is 7.18. The van der Waals surface area contributed by atoms with Gasteiger partial charge in [0.05, 0.1) is 22.4 Å². The summed E-state index contributed by atoms with van der Waals surface area (Å²) in [6.45, 7) is 8.19. The van der Waals surface area contributed by atoms with Gasteiger partial charge >= 0.3 is 0 Å². The molecule has 0 aliphatic heterocycles. The molecule has 0 aliphatic rings. The number of hydrogen-bond donors (Lipinski definition) is 1. The van der Waals surface area contributed by atoms with Crippen LogP contribution in [0.2, 0.25) is 0 Å². The zero-order valence-electron chi connectivity index (χ0n) is 12.7. The van der Waals surface area contributed by atoms with Gasteiger partial charge in [0.25, 0.3) is 0 Å². The third-order valence-electron chi connectivity index (χ3n) is 3.76. The van der Waals surface area contributed by atoms with E-state index in [1.165, 1.54) is 11.4 Å². The predicted molar refractivity (Wildman–Crippen MR) is 86.0 cm³/mol. The van der Waals surface area contributed by atoms with E-state index in [1.54, 1.807) is 0 Å². The Morgan fingerprint density at radius 1 is 1.40 bits per heavy atom. The molecular weight excluding hydrogens is 316 g/mol. The third-order valence-corrected chi connectivity index (χ3v) is 4.67. The molecule has 2 aromatic rings. The fourth-order valence-electron chi connectivity index (χ4n) is 2.44. The highest BCUT2D eigenvalue weighted by atomic mass is 79.9. The quantitative estimate of drug-likeness (QED) is 0.876. The Morgan fingerprint density at radius 2 is 2.15 bits per heavy atom. The van der Waals surface area contributed by atoms with E-state index < -0.39 is 0 Å². The molecule has 0 saturated heterocycles. The lowest BCUT2D eigenvalue weighted by molar-refractivity contribution is 0.557. The maximum absolute atomic E-state index is 4.66. The molecule has 110 valence electrons. The van der Waals surface area contributed by atoms with Crippen molar-refractivity contribution in [3.8, 4) is 0 Å². The summed E-state index contributed by atoms with van der Waals surface area (Å²) in [6, 6.07) is 4.61. The molecule has 0 radical (unpaired) electrons. The van der Waals surface area contributed by atoms with E-state index in [0.717, 1.165) is 29.7 Å². The van der Waals surface area contributed by atoms with Gasteiger partial charge in [-0.3, -0.25) is 4.68 Å². The van der Waals surface area contributed by atoms with Crippen LogP contribution in [0, 0.1) is 0 Å². The van der Waals surface area contributed by atoms with Crippen molar-refractivity contribution in [2.24, 2.45) is 0 Å². The topological polar surface area (TPSA) is 34.8 Å². The number of hydrogen-bond acceptors (Lipinski definition) is 2. The molecule has 2 heterocycles. The van der Waals surface area contributed by atoms with E-state index in [4.69, 9.17) is 0 Å². The van der Waals surface area contributed by atoms with Gasteiger partial charge < -0.3 is 9.88 Å². The predicted octanol–water partition coefficient (Wildman–Crippen LogP) is 3.36. The highest BCUT2D eigenvalue weighted by molar-refractivity contribution is 9.10. The minimum absolute atomic E-state index is 0.340. The van der Waals surface area contributed by atoms with Crippen LogP contribution in [0.25, 0.3) is 0 Å². The molecule has 0 aliphatic carbocycles.